The zero-order chi connectivity index (χ0) is 13.8. The highest BCUT2D eigenvalue weighted by Gasteiger charge is 2.31. The van der Waals surface area contributed by atoms with Crippen LogP contribution >= 0.6 is 0 Å². The highest BCUT2D eigenvalue weighted by Crippen LogP contribution is 2.26. The van der Waals surface area contributed by atoms with Crippen molar-refractivity contribution in [1.82, 2.24) is 10.2 Å². The van der Waals surface area contributed by atoms with Gasteiger partial charge in [0.05, 0.1) is 6.07 Å². The molecular formula is C15H29N3. The molecule has 0 aromatic rings. The predicted octanol–water partition coefficient (Wildman–Crippen LogP) is 2.63. The van der Waals surface area contributed by atoms with Crippen LogP contribution in [-0.2, 0) is 0 Å². The van der Waals surface area contributed by atoms with Gasteiger partial charge in [0.25, 0.3) is 0 Å². The molecule has 3 heteroatoms. The van der Waals surface area contributed by atoms with Crippen molar-refractivity contribution in [2.75, 3.05) is 19.6 Å². The predicted molar refractivity (Wildman–Crippen MR) is 76.3 cm³/mol. The number of hydrogen-bond donors (Lipinski definition) is 1. The van der Waals surface area contributed by atoms with Gasteiger partial charge < -0.3 is 4.90 Å². The van der Waals surface area contributed by atoms with Gasteiger partial charge in [0.15, 0.2) is 0 Å². The molecular weight excluding hydrogens is 222 g/mol. The van der Waals surface area contributed by atoms with Crippen molar-refractivity contribution in [1.29, 1.82) is 5.26 Å². The Hall–Kier alpha value is -0.590. The first-order valence-corrected chi connectivity index (χ1v) is 7.32. The van der Waals surface area contributed by atoms with Crippen molar-refractivity contribution in [3.05, 3.63) is 0 Å². The van der Waals surface area contributed by atoms with E-state index in [9.17, 15) is 5.26 Å². The number of nitrogens with zero attached hydrogens (tertiary/aromatic N) is 2. The smallest absolute Gasteiger partial charge is 0.105 e. The van der Waals surface area contributed by atoms with Crippen molar-refractivity contribution in [2.24, 2.45) is 11.8 Å². The summed E-state index contributed by atoms with van der Waals surface area (Å²) in [6.45, 7) is 14.2. The molecule has 0 aromatic carbocycles. The Balaban J connectivity index is 2.55. The van der Waals surface area contributed by atoms with Gasteiger partial charge in [-0.25, -0.2) is 0 Å². The Bertz CT molecular complexity index is 297. The average Bonchev–Trinajstić information content (AvgIpc) is 2.32. The summed E-state index contributed by atoms with van der Waals surface area (Å²) in [7, 11) is 0. The second kappa shape index (κ2) is 6.54. The van der Waals surface area contributed by atoms with E-state index in [1.807, 2.05) is 6.92 Å². The topological polar surface area (TPSA) is 39.1 Å². The lowest BCUT2D eigenvalue weighted by atomic mass is 9.86. The summed E-state index contributed by atoms with van der Waals surface area (Å²) in [5.41, 5.74) is -0.388. The number of hydrogen-bond acceptors (Lipinski definition) is 3. The maximum Gasteiger partial charge on any atom is 0.105 e. The first kappa shape index (κ1) is 15.5. The van der Waals surface area contributed by atoms with Gasteiger partial charge in [0.2, 0.25) is 0 Å². The van der Waals surface area contributed by atoms with Gasteiger partial charge in [-0.3, -0.25) is 5.32 Å². The van der Waals surface area contributed by atoms with Crippen LogP contribution in [0.25, 0.3) is 0 Å². The van der Waals surface area contributed by atoms with Crippen LogP contribution in [-0.4, -0.2) is 36.1 Å². The molecule has 1 aliphatic rings. The van der Waals surface area contributed by atoms with E-state index >= 15 is 0 Å². The molecule has 18 heavy (non-hydrogen) atoms. The fraction of sp³-hybridized carbons (Fsp3) is 0.933. The van der Waals surface area contributed by atoms with Crippen molar-refractivity contribution in [2.45, 2.75) is 59.0 Å². The normalized spacial score (nSPS) is 30.4. The van der Waals surface area contributed by atoms with Crippen LogP contribution in [0.3, 0.4) is 0 Å². The Labute approximate surface area is 113 Å². The number of piperidine rings is 1. The van der Waals surface area contributed by atoms with E-state index in [0.29, 0.717) is 6.04 Å². The van der Waals surface area contributed by atoms with Gasteiger partial charge in [-0.15, -0.1) is 0 Å². The van der Waals surface area contributed by atoms with E-state index < -0.39 is 0 Å². The van der Waals surface area contributed by atoms with Crippen molar-refractivity contribution < 1.29 is 0 Å². The Morgan fingerprint density at radius 1 is 1.44 bits per heavy atom. The van der Waals surface area contributed by atoms with E-state index in [2.05, 4.69) is 44.0 Å². The lowest BCUT2D eigenvalue weighted by molar-refractivity contribution is 0.0896. The summed E-state index contributed by atoms with van der Waals surface area (Å²) in [6, 6.07) is 2.91. The molecule has 0 radical (unpaired) electrons. The van der Waals surface area contributed by atoms with Crippen molar-refractivity contribution in [3.8, 4) is 6.07 Å². The van der Waals surface area contributed by atoms with E-state index in [1.165, 1.54) is 19.5 Å². The fourth-order valence-corrected chi connectivity index (χ4v) is 2.96. The molecule has 3 nitrogen and oxygen atoms in total. The van der Waals surface area contributed by atoms with Crippen LogP contribution in [0.4, 0.5) is 0 Å². The average molecular weight is 251 g/mol. The number of rotatable bonds is 5. The molecule has 1 rings (SSSR count). The molecule has 0 aliphatic carbocycles. The van der Waals surface area contributed by atoms with Crippen LogP contribution in [0.5, 0.6) is 0 Å². The Morgan fingerprint density at radius 2 is 2.11 bits per heavy atom. The minimum Gasteiger partial charge on any atom is -0.300 e. The summed E-state index contributed by atoms with van der Waals surface area (Å²) in [6.07, 6.45) is 2.19. The molecule has 4 unspecified atom stereocenters. The maximum absolute atomic E-state index is 9.33. The molecule has 1 heterocycles. The summed E-state index contributed by atoms with van der Waals surface area (Å²) >= 11 is 0. The minimum atomic E-state index is -0.388. The lowest BCUT2D eigenvalue weighted by Gasteiger charge is -2.40. The second-order valence-electron chi connectivity index (χ2n) is 6.27. The SMILES string of the molecule is CCNC(C)(C#N)CC(C)N1CCC(C)C(C)C1. The van der Waals surface area contributed by atoms with Gasteiger partial charge in [-0.1, -0.05) is 20.8 Å². The monoisotopic (exact) mass is 251 g/mol. The lowest BCUT2D eigenvalue weighted by Crippen LogP contribution is -2.50. The molecule has 0 bridgehead atoms. The third-order valence-electron chi connectivity index (χ3n) is 4.51. The minimum absolute atomic E-state index is 0.388. The number of nitriles is 1. The summed E-state index contributed by atoms with van der Waals surface area (Å²) in [5.74, 6) is 1.61. The Kier molecular flexibility index (Phi) is 5.62. The molecule has 4 atom stereocenters. The molecule has 0 aromatic heterocycles. The first-order chi connectivity index (χ1) is 8.41. The van der Waals surface area contributed by atoms with E-state index in [4.69, 9.17) is 0 Å². The van der Waals surface area contributed by atoms with Crippen LogP contribution < -0.4 is 5.32 Å². The quantitative estimate of drug-likeness (QED) is 0.816. The molecule has 1 aliphatic heterocycles. The van der Waals surface area contributed by atoms with Crippen LogP contribution in [0.1, 0.15) is 47.5 Å². The third-order valence-corrected chi connectivity index (χ3v) is 4.51. The van der Waals surface area contributed by atoms with Gasteiger partial charge in [-0.2, -0.15) is 5.26 Å². The fourth-order valence-electron chi connectivity index (χ4n) is 2.96. The largest absolute Gasteiger partial charge is 0.300 e. The molecule has 0 saturated carbocycles. The van der Waals surface area contributed by atoms with Crippen LogP contribution in [0.2, 0.25) is 0 Å². The number of nitrogens with one attached hydrogen (secondary N) is 1. The number of likely N-dealkylation sites (tertiary alicyclic amines) is 1. The molecule has 1 N–H and O–H groups in total. The van der Waals surface area contributed by atoms with Crippen molar-refractivity contribution in [3.63, 3.8) is 0 Å². The van der Waals surface area contributed by atoms with Gasteiger partial charge >= 0.3 is 0 Å². The van der Waals surface area contributed by atoms with Crippen molar-refractivity contribution >= 4 is 0 Å². The first-order valence-electron chi connectivity index (χ1n) is 7.32. The third kappa shape index (κ3) is 3.96. The highest BCUT2D eigenvalue weighted by molar-refractivity contribution is 5.05. The summed E-state index contributed by atoms with van der Waals surface area (Å²) < 4.78 is 0. The van der Waals surface area contributed by atoms with Crippen LogP contribution in [0, 0.1) is 23.2 Å². The van der Waals surface area contributed by atoms with E-state index in [0.717, 1.165) is 24.8 Å². The van der Waals surface area contributed by atoms with E-state index in [-0.39, 0.29) is 5.54 Å². The highest BCUT2D eigenvalue weighted by atomic mass is 15.2. The zero-order valence-electron chi connectivity index (χ0n) is 12.7. The molecule has 1 saturated heterocycles. The van der Waals surface area contributed by atoms with Gasteiger partial charge in [0, 0.05) is 12.6 Å². The molecule has 104 valence electrons. The maximum atomic E-state index is 9.33. The molecule has 0 amide bonds. The Morgan fingerprint density at radius 3 is 2.61 bits per heavy atom. The van der Waals surface area contributed by atoms with Gasteiger partial charge in [0.1, 0.15) is 5.54 Å². The van der Waals surface area contributed by atoms with E-state index in [1.54, 1.807) is 0 Å². The van der Waals surface area contributed by atoms with Gasteiger partial charge in [-0.05, 0) is 51.6 Å². The zero-order valence-corrected chi connectivity index (χ0v) is 12.7. The molecule has 1 fully saturated rings. The summed E-state index contributed by atoms with van der Waals surface area (Å²) in [5, 5.41) is 12.6. The summed E-state index contributed by atoms with van der Waals surface area (Å²) in [4.78, 5) is 2.55. The standard InChI is InChI=1S/C15H29N3/c1-6-17-15(5,11-16)9-14(4)18-8-7-12(2)13(3)10-18/h12-14,17H,6-10H2,1-5H3. The van der Waals surface area contributed by atoms with Crippen LogP contribution in [0.15, 0.2) is 0 Å². The second-order valence-corrected chi connectivity index (χ2v) is 6.27. The molecule has 0 spiro atoms.